The fourth-order valence-electron chi connectivity index (χ4n) is 2.68. The predicted molar refractivity (Wildman–Crippen MR) is 80.2 cm³/mol. The van der Waals surface area contributed by atoms with Crippen molar-refractivity contribution in [3.05, 3.63) is 21.9 Å². The average molecular weight is 297 g/mol. The Bertz CT molecular complexity index is 497. The summed E-state index contributed by atoms with van der Waals surface area (Å²) in [5.74, 6) is -0.118. The van der Waals surface area contributed by atoms with Crippen LogP contribution in [0.4, 0.5) is 0 Å². The van der Waals surface area contributed by atoms with Crippen LogP contribution in [-0.2, 0) is 4.74 Å². The van der Waals surface area contributed by atoms with Crippen molar-refractivity contribution in [3.8, 4) is 0 Å². The van der Waals surface area contributed by atoms with E-state index < -0.39 is 5.60 Å². The second-order valence-electron chi connectivity index (χ2n) is 6.05. The summed E-state index contributed by atoms with van der Waals surface area (Å²) < 4.78 is 5.62. The third kappa shape index (κ3) is 2.50. The maximum Gasteiger partial charge on any atom is 0.252 e. The molecule has 0 aromatic carbocycles. The van der Waals surface area contributed by atoms with Crippen LogP contribution >= 0.6 is 11.3 Å². The molecule has 1 amide bonds. The molecular weight excluding hydrogens is 274 g/mol. The number of thiophene rings is 1. The van der Waals surface area contributed by atoms with Crippen molar-refractivity contribution in [1.82, 2.24) is 5.32 Å². The quantitative estimate of drug-likeness (QED) is 0.877. The number of rotatable bonds is 5. The Balaban J connectivity index is 1.95. The first kappa shape index (κ1) is 15.5. The second-order valence-corrected chi connectivity index (χ2v) is 6.80. The minimum atomic E-state index is -0.896. The molecule has 0 bridgehead atoms. The molecule has 1 heterocycles. The van der Waals surface area contributed by atoms with Crippen LogP contribution in [0.3, 0.4) is 0 Å². The summed E-state index contributed by atoms with van der Waals surface area (Å²) in [5, 5.41) is 17.3. The first-order chi connectivity index (χ1) is 9.32. The number of nitrogens with one attached hydrogen (secondary N) is 1. The number of hydrogen-bond acceptors (Lipinski definition) is 4. The molecular formula is C15H23NO3S. The van der Waals surface area contributed by atoms with Crippen LogP contribution in [0.25, 0.3) is 0 Å². The molecule has 0 aliphatic heterocycles. The van der Waals surface area contributed by atoms with E-state index in [2.05, 4.69) is 5.32 Å². The molecule has 1 aliphatic carbocycles. The van der Waals surface area contributed by atoms with Crippen molar-refractivity contribution in [2.24, 2.45) is 5.41 Å². The van der Waals surface area contributed by atoms with Crippen LogP contribution < -0.4 is 5.32 Å². The van der Waals surface area contributed by atoms with Gasteiger partial charge in [-0.15, -0.1) is 0 Å². The molecule has 1 aromatic heterocycles. The first-order valence-electron chi connectivity index (χ1n) is 6.97. The number of aliphatic hydroxyl groups is 1. The lowest BCUT2D eigenvalue weighted by atomic mass is 9.56. The van der Waals surface area contributed by atoms with Crippen LogP contribution in [-0.4, -0.2) is 35.9 Å². The molecule has 1 aliphatic rings. The van der Waals surface area contributed by atoms with E-state index in [-0.39, 0.29) is 24.0 Å². The predicted octanol–water partition coefficient (Wildman–Crippen LogP) is 2.35. The highest BCUT2D eigenvalue weighted by molar-refractivity contribution is 7.08. The number of carbonyl (C=O) groups is 1. The fraction of sp³-hybridized carbons (Fsp3) is 0.667. The Labute approximate surface area is 124 Å². The van der Waals surface area contributed by atoms with Gasteiger partial charge in [-0.3, -0.25) is 4.79 Å². The van der Waals surface area contributed by atoms with Gasteiger partial charge in [0.15, 0.2) is 0 Å². The molecule has 5 heteroatoms. The van der Waals surface area contributed by atoms with E-state index in [4.69, 9.17) is 4.74 Å². The number of ether oxygens (including phenoxy) is 1. The number of aryl methyl sites for hydroxylation is 1. The molecule has 20 heavy (non-hydrogen) atoms. The van der Waals surface area contributed by atoms with E-state index in [0.29, 0.717) is 18.6 Å². The van der Waals surface area contributed by atoms with E-state index in [1.165, 1.54) is 11.3 Å². The van der Waals surface area contributed by atoms with Gasteiger partial charge < -0.3 is 15.2 Å². The van der Waals surface area contributed by atoms with Crippen molar-refractivity contribution < 1.29 is 14.6 Å². The topological polar surface area (TPSA) is 58.6 Å². The zero-order valence-electron chi connectivity index (χ0n) is 12.5. The van der Waals surface area contributed by atoms with Crippen molar-refractivity contribution in [1.29, 1.82) is 0 Å². The first-order valence-corrected chi connectivity index (χ1v) is 7.91. The van der Waals surface area contributed by atoms with E-state index in [1.54, 1.807) is 0 Å². The Hall–Kier alpha value is -0.910. The van der Waals surface area contributed by atoms with Gasteiger partial charge in [0.25, 0.3) is 5.91 Å². The van der Waals surface area contributed by atoms with Crippen molar-refractivity contribution >= 4 is 17.2 Å². The van der Waals surface area contributed by atoms with Crippen molar-refractivity contribution in [2.75, 3.05) is 13.2 Å². The van der Waals surface area contributed by atoms with E-state index >= 15 is 0 Å². The van der Waals surface area contributed by atoms with E-state index in [9.17, 15) is 9.90 Å². The van der Waals surface area contributed by atoms with Crippen LogP contribution in [0.2, 0.25) is 0 Å². The molecule has 112 valence electrons. The van der Waals surface area contributed by atoms with Gasteiger partial charge in [-0.05, 0) is 24.8 Å². The molecule has 1 aromatic rings. The summed E-state index contributed by atoms with van der Waals surface area (Å²) in [6.07, 6.45) is 0.619. The molecule has 0 spiro atoms. The molecule has 0 saturated heterocycles. The molecule has 4 nitrogen and oxygen atoms in total. The van der Waals surface area contributed by atoms with Gasteiger partial charge in [0.1, 0.15) is 0 Å². The second kappa shape index (κ2) is 5.47. The highest BCUT2D eigenvalue weighted by atomic mass is 32.1. The maximum absolute atomic E-state index is 12.1. The van der Waals surface area contributed by atoms with Crippen molar-refractivity contribution in [3.63, 3.8) is 0 Å². The molecule has 2 N–H and O–H groups in total. The van der Waals surface area contributed by atoms with E-state index in [1.807, 2.05) is 38.5 Å². The van der Waals surface area contributed by atoms with Gasteiger partial charge >= 0.3 is 0 Å². The smallest absolute Gasteiger partial charge is 0.252 e. The van der Waals surface area contributed by atoms with Crippen LogP contribution in [0.5, 0.6) is 0 Å². The Morgan fingerprint density at radius 1 is 1.55 bits per heavy atom. The molecule has 2 atom stereocenters. The van der Waals surface area contributed by atoms with Crippen LogP contribution in [0.1, 0.15) is 43.1 Å². The average Bonchev–Trinajstić information content (AvgIpc) is 2.82. The zero-order chi connectivity index (χ0) is 15.0. The fourth-order valence-corrected chi connectivity index (χ4v) is 3.50. The summed E-state index contributed by atoms with van der Waals surface area (Å²) in [5.41, 5.74) is 0.420. The standard InChI is InChI=1S/C15H23NO3S/c1-5-19-12-6-15(18,14(12,3)4)9-16-13(17)11-8-20-7-10(11)2/h7-8,12,18H,5-6,9H2,1-4H3,(H,16,17)/t12-,15+/m1/s1. The highest BCUT2D eigenvalue weighted by Gasteiger charge is 2.59. The summed E-state index contributed by atoms with van der Waals surface area (Å²) in [6.45, 7) is 8.74. The third-order valence-corrected chi connectivity index (χ3v) is 5.40. The largest absolute Gasteiger partial charge is 0.387 e. The molecule has 0 unspecified atom stereocenters. The van der Waals surface area contributed by atoms with Crippen LogP contribution in [0, 0.1) is 12.3 Å². The summed E-state index contributed by atoms with van der Waals surface area (Å²) in [4.78, 5) is 12.1. The Morgan fingerprint density at radius 3 is 2.75 bits per heavy atom. The molecule has 1 fully saturated rings. The normalized spacial score (nSPS) is 27.9. The zero-order valence-corrected chi connectivity index (χ0v) is 13.3. The van der Waals surface area contributed by atoms with E-state index in [0.717, 1.165) is 5.56 Å². The Morgan fingerprint density at radius 2 is 2.25 bits per heavy atom. The number of amides is 1. The van der Waals surface area contributed by atoms with Gasteiger partial charge in [-0.2, -0.15) is 11.3 Å². The monoisotopic (exact) mass is 297 g/mol. The van der Waals surface area contributed by atoms with Crippen molar-refractivity contribution in [2.45, 2.75) is 45.8 Å². The van der Waals surface area contributed by atoms with Gasteiger partial charge in [-0.1, -0.05) is 13.8 Å². The highest BCUT2D eigenvalue weighted by Crippen LogP contribution is 2.50. The third-order valence-electron chi connectivity index (χ3n) is 4.54. The lowest BCUT2D eigenvalue weighted by molar-refractivity contribution is -0.237. The van der Waals surface area contributed by atoms with Gasteiger partial charge in [0.05, 0.1) is 17.3 Å². The molecule has 1 saturated carbocycles. The number of hydrogen-bond donors (Lipinski definition) is 2. The van der Waals surface area contributed by atoms with Gasteiger partial charge in [0.2, 0.25) is 0 Å². The lowest BCUT2D eigenvalue weighted by Crippen LogP contribution is -2.68. The van der Waals surface area contributed by atoms with Gasteiger partial charge in [0, 0.05) is 30.4 Å². The lowest BCUT2D eigenvalue weighted by Gasteiger charge is -2.57. The SMILES string of the molecule is CCO[C@@H]1C[C@](O)(CNC(=O)c2cscc2C)C1(C)C. The minimum Gasteiger partial charge on any atom is -0.387 e. The summed E-state index contributed by atoms with van der Waals surface area (Å²) >= 11 is 1.51. The van der Waals surface area contributed by atoms with Gasteiger partial charge in [-0.25, -0.2) is 0 Å². The molecule has 0 radical (unpaired) electrons. The summed E-state index contributed by atoms with van der Waals surface area (Å²) in [6, 6.07) is 0. The Kier molecular flexibility index (Phi) is 4.23. The maximum atomic E-state index is 12.1. The number of carbonyl (C=O) groups excluding carboxylic acids is 1. The van der Waals surface area contributed by atoms with Crippen LogP contribution in [0.15, 0.2) is 10.8 Å². The minimum absolute atomic E-state index is 0.0530. The summed E-state index contributed by atoms with van der Waals surface area (Å²) in [7, 11) is 0. The molecule has 2 rings (SSSR count).